The highest BCUT2D eigenvalue weighted by atomic mass is 32.2. The van der Waals surface area contributed by atoms with Crippen LogP contribution in [0.25, 0.3) is 11.6 Å². The van der Waals surface area contributed by atoms with Gasteiger partial charge in [0.15, 0.2) is 16.7 Å². The molecule has 7 heteroatoms. The van der Waals surface area contributed by atoms with E-state index in [0.717, 1.165) is 5.56 Å². The van der Waals surface area contributed by atoms with Crippen molar-refractivity contribution in [1.29, 1.82) is 0 Å². The number of nitrogens with one attached hydrogen (secondary N) is 1. The Morgan fingerprint density at radius 3 is 2.80 bits per heavy atom. The Morgan fingerprint density at radius 1 is 1.28 bits per heavy atom. The number of hydrogen-bond donors (Lipinski definition) is 1. The molecular formula is C18H20N4O2S. The summed E-state index contributed by atoms with van der Waals surface area (Å²) < 4.78 is 7.16. The normalized spacial score (nSPS) is 12.1. The van der Waals surface area contributed by atoms with Gasteiger partial charge in [-0.15, -0.1) is 10.2 Å². The predicted octanol–water partition coefficient (Wildman–Crippen LogP) is 3.35. The molecule has 3 rings (SSSR count). The Morgan fingerprint density at radius 2 is 2.08 bits per heavy atom. The number of aryl methyl sites for hydroxylation is 1. The highest BCUT2D eigenvalue weighted by Crippen LogP contribution is 2.23. The molecule has 2 aromatic heterocycles. The summed E-state index contributed by atoms with van der Waals surface area (Å²) in [6.45, 7) is 4.03. The molecule has 3 aromatic rings. The molecule has 0 saturated carbocycles. The van der Waals surface area contributed by atoms with Crippen molar-refractivity contribution < 1.29 is 9.21 Å². The van der Waals surface area contributed by atoms with Crippen molar-refractivity contribution in [3.05, 3.63) is 53.8 Å². The molecule has 1 N–H and O–H groups in total. The van der Waals surface area contributed by atoms with Gasteiger partial charge in [0.25, 0.3) is 0 Å². The van der Waals surface area contributed by atoms with Crippen LogP contribution in [-0.4, -0.2) is 26.4 Å². The van der Waals surface area contributed by atoms with Crippen molar-refractivity contribution in [2.75, 3.05) is 5.75 Å². The third kappa shape index (κ3) is 3.93. The number of amides is 1. The molecular weight excluding hydrogens is 336 g/mol. The van der Waals surface area contributed by atoms with Gasteiger partial charge in [-0.25, -0.2) is 0 Å². The van der Waals surface area contributed by atoms with Crippen LogP contribution in [0, 0.1) is 6.92 Å². The zero-order valence-electron chi connectivity index (χ0n) is 14.4. The quantitative estimate of drug-likeness (QED) is 0.686. The first-order valence-corrected chi connectivity index (χ1v) is 8.95. The number of aromatic nitrogens is 3. The number of thioether (sulfide) groups is 1. The summed E-state index contributed by atoms with van der Waals surface area (Å²) in [6.07, 6.45) is 1.59. The van der Waals surface area contributed by atoms with E-state index in [1.165, 1.54) is 17.3 Å². The maximum atomic E-state index is 12.3. The van der Waals surface area contributed by atoms with Crippen LogP contribution in [0.15, 0.2) is 52.2 Å². The van der Waals surface area contributed by atoms with Gasteiger partial charge in [0.05, 0.1) is 18.1 Å². The van der Waals surface area contributed by atoms with Gasteiger partial charge >= 0.3 is 0 Å². The highest BCUT2D eigenvalue weighted by molar-refractivity contribution is 7.99. The zero-order chi connectivity index (χ0) is 17.8. The van der Waals surface area contributed by atoms with Crippen molar-refractivity contribution in [2.24, 2.45) is 7.05 Å². The van der Waals surface area contributed by atoms with Gasteiger partial charge in [0, 0.05) is 7.05 Å². The second-order valence-corrected chi connectivity index (χ2v) is 6.72. The molecule has 0 aliphatic carbocycles. The molecule has 0 spiro atoms. The van der Waals surface area contributed by atoms with Gasteiger partial charge in [-0.1, -0.05) is 36.0 Å². The summed E-state index contributed by atoms with van der Waals surface area (Å²) in [5.41, 5.74) is 2.29. The van der Waals surface area contributed by atoms with E-state index in [1.807, 2.05) is 55.8 Å². The van der Waals surface area contributed by atoms with Crippen molar-refractivity contribution in [3.8, 4) is 11.6 Å². The number of hydrogen-bond acceptors (Lipinski definition) is 5. The third-order valence-electron chi connectivity index (χ3n) is 3.94. The molecule has 1 aromatic carbocycles. The van der Waals surface area contributed by atoms with Crippen LogP contribution in [0.3, 0.4) is 0 Å². The van der Waals surface area contributed by atoms with E-state index in [9.17, 15) is 4.79 Å². The molecule has 6 nitrogen and oxygen atoms in total. The summed E-state index contributed by atoms with van der Waals surface area (Å²) in [6, 6.07) is 11.6. The molecule has 0 fully saturated rings. The van der Waals surface area contributed by atoms with Crippen molar-refractivity contribution in [1.82, 2.24) is 20.1 Å². The molecule has 0 saturated heterocycles. The lowest BCUT2D eigenvalue weighted by Crippen LogP contribution is -2.28. The SMILES string of the molecule is Cc1ccccc1C(C)NC(=O)CSc1nnc(-c2ccco2)n1C. The number of carbonyl (C=O) groups is 1. The fourth-order valence-electron chi connectivity index (χ4n) is 2.62. The smallest absolute Gasteiger partial charge is 0.230 e. The molecule has 2 heterocycles. The molecule has 0 radical (unpaired) electrons. The monoisotopic (exact) mass is 356 g/mol. The Bertz CT molecular complexity index is 858. The van der Waals surface area contributed by atoms with E-state index in [4.69, 9.17) is 4.42 Å². The van der Waals surface area contributed by atoms with E-state index in [1.54, 1.807) is 12.3 Å². The lowest BCUT2D eigenvalue weighted by atomic mass is 10.0. The predicted molar refractivity (Wildman–Crippen MR) is 97.2 cm³/mol. The minimum absolute atomic E-state index is 0.0347. The number of carbonyl (C=O) groups excluding carboxylic acids is 1. The number of benzene rings is 1. The van der Waals surface area contributed by atoms with Gasteiger partial charge in [-0.3, -0.25) is 4.79 Å². The van der Waals surface area contributed by atoms with Gasteiger partial charge in [0.1, 0.15) is 0 Å². The lowest BCUT2D eigenvalue weighted by Gasteiger charge is -2.16. The lowest BCUT2D eigenvalue weighted by molar-refractivity contribution is -0.119. The standard InChI is InChI=1S/C18H20N4O2S/c1-12-7-4-5-8-14(12)13(2)19-16(23)11-25-18-21-20-17(22(18)3)15-9-6-10-24-15/h4-10,13H,11H2,1-3H3,(H,19,23). The van der Waals surface area contributed by atoms with Gasteiger partial charge < -0.3 is 14.3 Å². The number of nitrogens with zero attached hydrogens (tertiary/aromatic N) is 3. The molecule has 25 heavy (non-hydrogen) atoms. The number of furan rings is 1. The minimum Gasteiger partial charge on any atom is -0.461 e. The van der Waals surface area contributed by atoms with Crippen LogP contribution >= 0.6 is 11.8 Å². The Hall–Kier alpha value is -2.54. The highest BCUT2D eigenvalue weighted by Gasteiger charge is 2.16. The molecule has 0 bridgehead atoms. The van der Waals surface area contributed by atoms with Crippen molar-refractivity contribution >= 4 is 17.7 Å². The summed E-state index contributed by atoms with van der Waals surface area (Å²) >= 11 is 1.35. The zero-order valence-corrected chi connectivity index (χ0v) is 15.2. The molecule has 1 unspecified atom stereocenters. The van der Waals surface area contributed by atoms with E-state index >= 15 is 0 Å². The number of rotatable bonds is 6. The minimum atomic E-state index is -0.0386. The fourth-order valence-corrected chi connectivity index (χ4v) is 3.35. The first kappa shape index (κ1) is 17.3. The molecule has 130 valence electrons. The topological polar surface area (TPSA) is 73.0 Å². The second-order valence-electron chi connectivity index (χ2n) is 5.78. The summed E-state index contributed by atoms with van der Waals surface area (Å²) in [5.74, 6) is 1.53. The van der Waals surface area contributed by atoms with E-state index < -0.39 is 0 Å². The maximum absolute atomic E-state index is 12.3. The van der Waals surface area contributed by atoms with Crippen molar-refractivity contribution in [3.63, 3.8) is 0 Å². The van der Waals surface area contributed by atoms with Crippen LogP contribution in [-0.2, 0) is 11.8 Å². The van der Waals surface area contributed by atoms with E-state index in [-0.39, 0.29) is 17.7 Å². The van der Waals surface area contributed by atoms with E-state index in [2.05, 4.69) is 15.5 Å². The van der Waals surface area contributed by atoms with E-state index in [0.29, 0.717) is 16.7 Å². The third-order valence-corrected chi connectivity index (χ3v) is 4.96. The van der Waals surface area contributed by atoms with Crippen molar-refractivity contribution in [2.45, 2.75) is 25.0 Å². The molecule has 0 aliphatic heterocycles. The van der Waals surface area contributed by atoms with Gasteiger partial charge in [-0.2, -0.15) is 0 Å². The molecule has 1 amide bonds. The average molecular weight is 356 g/mol. The first-order valence-electron chi connectivity index (χ1n) is 7.97. The average Bonchev–Trinajstić information content (AvgIpc) is 3.23. The van der Waals surface area contributed by atoms with Gasteiger partial charge in [0.2, 0.25) is 5.91 Å². The summed E-state index contributed by atoms with van der Waals surface area (Å²) in [7, 11) is 1.86. The Labute approximate surface area is 150 Å². The Kier molecular flexibility index (Phi) is 5.23. The van der Waals surface area contributed by atoms with Gasteiger partial charge in [-0.05, 0) is 37.1 Å². The van der Waals surface area contributed by atoms with Crippen LogP contribution in [0.4, 0.5) is 0 Å². The summed E-state index contributed by atoms with van der Waals surface area (Å²) in [5, 5.41) is 12.0. The van der Waals surface area contributed by atoms with Crippen LogP contribution < -0.4 is 5.32 Å². The fraction of sp³-hybridized carbons (Fsp3) is 0.278. The molecule has 0 aliphatic rings. The largest absolute Gasteiger partial charge is 0.461 e. The molecule has 1 atom stereocenters. The van der Waals surface area contributed by atoms with Crippen LogP contribution in [0.1, 0.15) is 24.1 Å². The maximum Gasteiger partial charge on any atom is 0.230 e. The van der Waals surface area contributed by atoms with Crippen LogP contribution in [0.5, 0.6) is 0 Å². The summed E-state index contributed by atoms with van der Waals surface area (Å²) in [4.78, 5) is 12.3. The second kappa shape index (κ2) is 7.57. The Balaban J connectivity index is 1.59. The first-order chi connectivity index (χ1) is 12.1. The van der Waals surface area contributed by atoms with Crippen LogP contribution in [0.2, 0.25) is 0 Å².